The fourth-order valence-corrected chi connectivity index (χ4v) is 2.90. The van der Waals surface area contributed by atoms with E-state index in [-0.39, 0.29) is 5.41 Å². The second-order valence-corrected chi connectivity index (χ2v) is 5.45. The summed E-state index contributed by atoms with van der Waals surface area (Å²) in [6.07, 6.45) is 6.62. The smallest absolute Gasteiger partial charge is 0.246 e. The summed E-state index contributed by atoms with van der Waals surface area (Å²) >= 11 is 0. The molecule has 4 rings (SSSR count). The maximum atomic E-state index is 5.40. The third-order valence-corrected chi connectivity index (χ3v) is 4.21. The van der Waals surface area contributed by atoms with Gasteiger partial charge in [0.2, 0.25) is 5.89 Å². The normalized spacial score (nSPS) is 16.6. The standard InChI is InChI=1S/C15H15N5O/c1-2-5-12(6-3-1)15(7-4-8-15)14-18-13(21-19-14)9-20-10-16-17-11-20/h1-3,5-6,10-11H,4,7-9H2. The molecule has 2 aromatic heterocycles. The van der Waals surface area contributed by atoms with Crippen LogP contribution in [0.1, 0.15) is 36.5 Å². The van der Waals surface area contributed by atoms with Crippen molar-refractivity contribution < 1.29 is 4.52 Å². The summed E-state index contributed by atoms with van der Waals surface area (Å²) < 4.78 is 7.22. The van der Waals surface area contributed by atoms with Gasteiger partial charge >= 0.3 is 0 Å². The van der Waals surface area contributed by atoms with Crippen LogP contribution in [0.15, 0.2) is 47.5 Å². The van der Waals surface area contributed by atoms with Gasteiger partial charge in [-0.05, 0) is 18.4 Å². The highest BCUT2D eigenvalue weighted by Crippen LogP contribution is 2.47. The monoisotopic (exact) mass is 281 g/mol. The van der Waals surface area contributed by atoms with Crippen molar-refractivity contribution >= 4 is 0 Å². The average Bonchev–Trinajstić information content (AvgIpc) is 3.12. The van der Waals surface area contributed by atoms with E-state index < -0.39 is 0 Å². The van der Waals surface area contributed by atoms with E-state index in [1.54, 1.807) is 12.7 Å². The maximum Gasteiger partial charge on any atom is 0.246 e. The summed E-state index contributed by atoms with van der Waals surface area (Å²) in [6, 6.07) is 10.5. The van der Waals surface area contributed by atoms with Gasteiger partial charge in [0.25, 0.3) is 0 Å². The first kappa shape index (κ1) is 12.3. The lowest BCUT2D eigenvalue weighted by Gasteiger charge is -2.39. The molecule has 0 saturated heterocycles. The van der Waals surface area contributed by atoms with Crippen molar-refractivity contribution in [2.24, 2.45) is 0 Å². The van der Waals surface area contributed by atoms with E-state index in [0.29, 0.717) is 12.4 Å². The Kier molecular flexibility index (Phi) is 2.80. The van der Waals surface area contributed by atoms with E-state index in [1.807, 2.05) is 10.6 Å². The highest BCUT2D eigenvalue weighted by Gasteiger charge is 2.44. The largest absolute Gasteiger partial charge is 0.337 e. The zero-order valence-corrected chi connectivity index (χ0v) is 11.5. The number of benzene rings is 1. The predicted molar refractivity (Wildman–Crippen MR) is 74.5 cm³/mol. The van der Waals surface area contributed by atoms with Crippen molar-refractivity contribution in [2.75, 3.05) is 0 Å². The molecular formula is C15H15N5O. The van der Waals surface area contributed by atoms with Crippen LogP contribution in [0.3, 0.4) is 0 Å². The Morgan fingerprint density at radius 2 is 1.86 bits per heavy atom. The number of aromatic nitrogens is 5. The van der Waals surface area contributed by atoms with Crippen molar-refractivity contribution in [1.82, 2.24) is 24.9 Å². The molecule has 6 nitrogen and oxygen atoms in total. The van der Waals surface area contributed by atoms with Crippen LogP contribution in [0.4, 0.5) is 0 Å². The Bertz CT molecular complexity index is 716. The molecule has 0 N–H and O–H groups in total. The third kappa shape index (κ3) is 2.03. The van der Waals surface area contributed by atoms with Gasteiger partial charge in [-0.2, -0.15) is 4.98 Å². The quantitative estimate of drug-likeness (QED) is 0.733. The van der Waals surface area contributed by atoms with E-state index in [9.17, 15) is 0 Å². The lowest BCUT2D eigenvalue weighted by molar-refractivity contribution is 0.270. The second-order valence-electron chi connectivity index (χ2n) is 5.45. The van der Waals surface area contributed by atoms with Crippen LogP contribution in [-0.4, -0.2) is 24.9 Å². The molecule has 0 radical (unpaired) electrons. The van der Waals surface area contributed by atoms with E-state index in [1.165, 1.54) is 12.0 Å². The molecule has 1 saturated carbocycles. The zero-order valence-electron chi connectivity index (χ0n) is 11.5. The van der Waals surface area contributed by atoms with Crippen LogP contribution in [-0.2, 0) is 12.0 Å². The van der Waals surface area contributed by atoms with Gasteiger partial charge in [0.1, 0.15) is 19.2 Å². The molecule has 3 aromatic rings. The van der Waals surface area contributed by atoms with Gasteiger partial charge in [0.15, 0.2) is 5.82 Å². The maximum absolute atomic E-state index is 5.40. The van der Waals surface area contributed by atoms with Crippen LogP contribution >= 0.6 is 0 Å². The summed E-state index contributed by atoms with van der Waals surface area (Å²) in [4.78, 5) is 4.60. The zero-order chi connectivity index (χ0) is 14.1. The van der Waals surface area contributed by atoms with Crippen molar-refractivity contribution in [1.29, 1.82) is 0 Å². The molecule has 0 spiro atoms. The van der Waals surface area contributed by atoms with Gasteiger partial charge in [-0.25, -0.2) is 0 Å². The molecule has 2 heterocycles. The number of nitrogens with zero attached hydrogens (tertiary/aromatic N) is 5. The average molecular weight is 281 g/mol. The molecule has 0 bridgehead atoms. The summed E-state index contributed by atoms with van der Waals surface area (Å²) in [6.45, 7) is 0.505. The minimum absolute atomic E-state index is 0.0732. The Hall–Kier alpha value is -2.50. The van der Waals surface area contributed by atoms with Crippen LogP contribution in [0.5, 0.6) is 0 Å². The molecule has 0 unspecified atom stereocenters. The van der Waals surface area contributed by atoms with Crippen molar-refractivity contribution in [3.8, 4) is 0 Å². The molecule has 0 aliphatic heterocycles. The van der Waals surface area contributed by atoms with Gasteiger partial charge in [-0.15, -0.1) is 10.2 Å². The fourth-order valence-electron chi connectivity index (χ4n) is 2.90. The van der Waals surface area contributed by atoms with Crippen molar-refractivity contribution in [3.05, 3.63) is 60.3 Å². The molecule has 106 valence electrons. The van der Waals surface area contributed by atoms with E-state index in [2.05, 4.69) is 44.6 Å². The topological polar surface area (TPSA) is 69.6 Å². The Morgan fingerprint density at radius 3 is 2.52 bits per heavy atom. The highest BCUT2D eigenvalue weighted by molar-refractivity contribution is 5.35. The molecule has 1 fully saturated rings. The first-order valence-corrected chi connectivity index (χ1v) is 7.08. The van der Waals surface area contributed by atoms with E-state index >= 15 is 0 Å². The van der Waals surface area contributed by atoms with Crippen LogP contribution in [0.25, 0.3) is 0 Å². The molecule has 1 aromatic carbocycles. The molecule has 21 heavy (non-hydrogen) atoms. The SMILES string of the molecule is c1ccc(C2(c3noc(Cn4cnnc4)n3)CCC2)cc1. The second kappa shape index (κ2) is 4.80. The Labute approximate surface area is 121 Å². The van der Waals surface area contributed by atoms with Crippen LogP contribution in [0, 0.1) is 0 Å². The molecule has 0 amide bonds. The lowest BCUT2D eigenvalue weighted by atomic mass is 9.64. The predicted octanol–water partition coefficient (Wildman–Crippen LogP) is 2.18. The number of hydrogen-bond acceptors (Lipinski definition) is 5. The van der Waals surface area contributed by atoms with Crippen molar-refractivity contribution in [3.63, 3.8) is 0 Å². The van der Waals surface area contributed by atoms with Gasteiger partial charge in [0.05, 0.1) is 5.41 Å². The Balaban J connectivity index is 1.65. The highest BCUT2D eigenvalue weighted by atomic mass is 16.5. The van der Waals surface area contributed by atoms with Crippen molar-refractivity contribution in [2.45, 2.75) is 31.2 Å². The van der Waals surface area contributed by atoms with E-state index in [4.69, 9.17) is 4.52 Å². The van der Waals surface area contributed by atoms with Crippen LogP contribution in [0.2, 0.25) is 0 Å². The van der Waals surface area contributed by atoms with Gasteiger partial charge in [0, 0.05) is 0 Å². The van der Waals surface area contributed by atoms with Gasteiger partial charge in [-0.1, -0.05) is 41.9 Å². The molecule has 1 aliphatic carbocycles. The first-order chi connectivity index (χ1) is 10.4. The Morgan fingerprint density at radius 1 is 1.10 bits per heavy atom. The summed E-state index contributed by atoms with van der Waals surface area (Å²) in [5.74, 6) is 1.38. The minimum atomic E-state index is -0.0732. The number of rotatable bonds is 4. The summed E-state index contributed by atoms with van der Waals surface area (Å²) in [5, 5.41) is 11.8. The van der Waals surface area contributed by atoms with E-state index in [0.717, 1.165) is 18.7 Å². The minimum Gasteiger partial charge on any atom is -0.337 e. The molecular weight excluding hydrogens is 266 g/mol. The summed E-state index contributed by atoms with van der Waals surface area (Å²) in [5.41, 5.74) is 1.20. The lowest BCUT2D eigenvalue weighted by Crippen LogP contribution is -2.36. The molecule has 0 atom stereocenters. The van der Waals surface area contributed by atoms with Gasteiger partial charge < -0.3 is 9.09 Å². The van der Waals surface area contributed by atoms with Gasteiger partial charge in [-0.3, -0.25) is 0 Å². The number of hydrogen-bond donors (Lipinski definition) is 0. The first-order valence-electron chi connectivity index (χ1n) is 7.08. The summed E-state index contributed by atoms with van der Waals surface area (Å²) in [7, 11) is 0. The molecule has 1 aliphatic rings. The third-order valence-electron chi connectivity index (χ3n) is 4.21. The van der Waals surface area contributed by atoms with Crippen LogP contribution < -0.4 is 0 Å². The molecule has 6 heteroatoms. The fraction of sp³-hybridized carbons (Fsp3) is 0.333.